The molecule has 0 aliphatic carbocycles. The lowest BCUT2D eigenvalue weighted by Crippen LogP contribution is -2.34. The predicted octanol–water partition coefficient (Wildman–Crippen LogP) is -0.843. The van der Waals surface area contributed by atoms with Gasteiger partial charge in [0.25, 0.3) is 0 Å². The third-order valence-corrected chi connectivity index (χ3v) is 3.23. The van der Waals surface area contributed by atoms with Gasteiger partial charge in [-0.1, -0.05) is 0 Å². The molecule has 0 aromatic heterocycles. The molecule has 13 heavy (non-hydrogen) atoms. The zero-order valence-electron chi connectivity index (χ0n) is 7.88. The van der Waals surface area contributed by atoms with E-state index in [4.69, 9.17) is 5.73 Å². The molecular formula is C9H17N3O. The second kappa shape index (κ2) is 3.27. The summed E-state index contributed by atoms with van der Waals surface area (Å²) in [6, 6.07) is 0. The van der Waals surface area contributed by atoms with E-state index in [2.05, 4.69) is 10.2 Å². The molecule has 1 amide bonds. The van der Waals surface area contributed by atoms with Gasteiger partial charge in [-0.05, 0) is 31.3 Å². The molecule has 2 saturated heterocycles. The van der Waals surface area contributed by atoms with Crippen LogP contribution in [0.25, 0.3) is 0 Å². The van der Waals surface area contributed by atoms with Crippen LogP contribution in [0.3, 0.4) is 0 Å². The maximum atomic E-state index is 10.7. The van der Waals surface area contributed by atoms with Crippen LogP contribution in [0.4, 0.5) is 0 Å². The van der Waals surface area contributed by atoms with Gasteiger partial charge in [0.05, 0.1) is 6.54 Å². The third kappa shape index (κ3) is 1.84. The molecule has 1 atom stereocenters. The van der Waals surface area contributed by atoms with E-state index in [1.165, 1.54) is 12.8 Å². The third-order valence-electron chi connectivity index (χ3n) is 3.23. The number of nitrogens with one attached hydrogen (secondary N) is 1. The molecular weight excluding hydrogens is 166 g/mol. The predicted molar refractivity (Wildman–Crippen MR) is 50.2 cm³/mol. The Kier molecular flexibility index (Phi) is 2.26. The molecule has 74 valence electrons. The molecule has 2 heterocycles. The molecule has 1 unspecified atom stereocenters. The van der Waals surface area contributed by atoms with E-state index in [0.717, 1.165) is 26.2 Å². The number of amides is 1. The van der Waals surface area contributed by atoms with E-state index < -0.39 is 0 Å². The number of hydrogen-bond acceptors (Lipinski definition) is 3. The number of hydrogen-bond donors (Lipinski definition) is 2. The van der Waals surface area contributed by atoms with Crippen molar-refractivity contribution in [1.82, 2.24) is 10.2 Å². The first-order chi connectivity index (χ1) is 6.20. The number of nitrogens with zero attached hydrogens (tertiary/aromatic N) is 1. The molecule has 4 heteroatoms. The summed E-state index contributed by atoms with van der Waals surface area (Å²) in [6.45, 7) is 4.75. The molecule has 0 bridgehead atoms. The van der Waals surface area contributed by atoms with Crippen LogP contribution in [-0.2, 0) is 4.79 Å². The van der Waals surface area contributed by atoms with Gasteiger partial charge < -0.3 is 11.1 Å². The standard InChI is InChI=1S/C9H17N3O/c10-8(13)5-12-4-2-9(7-12)1-3-11-6-9/h11H,1-7H2,(H2,10,13). The Hall–Kier alpha value is -0.610. The van der Waals surface area contributed by atoms with Crippen LogP contribution in [0.5, 0.6) is 0 Å². The van der Waals surface area contributed by atoms with Gasteiger partial charge in [-0.3, -0.25) is 9.69 Å². The van der Waals surface area contributed by atoms with Crippen LogP contribution in [0.2, 0.25) is 0 Å². The van der Waals surface area contributed by atoms with Gasteiger partial charge in [0.1, 0.15) is 0 Å². The number of carbonyl (C=O) groups excluding carboxylic acids is 1. The Labute approximate surface area is 78.5 Å². The van der Waals surface area contributed by atoms with Crippen molar-refractivity contribution in [3.05, 3.63) is 0 Å². The van der Waals surface area contributed by atoms with E-state index in [1.54, 1.807) is 0 Å². The number of primary amides is 1. The SMILES string of the molecule is NC(=O)CN1CCC2(CCNC2)C1. The van der Waals surface area contributed by atoms with Crippen molar-refractivity contribution in [2.75, 3.05) is 32.7 Å². The van der Waals surface area contributed by atoms with Crippen LogP contribution in [0, 0.1) is 5.41 Å². The minimum Gasteiger partial charge on any atom is -0.369 e. The van der Waals surface area contributed by atoms with Crippen molar-refractivity contribution >= 4 is 5.91 Å². The van der Waals surface area contributed by atoms with E-state index >= 15 is 0 Å². The lowest BCUT2D eigenvalue weighted by molar-refractivity contribution is -0.119. The second-order valence-corrected chi connectivity index (χ2v) is 4.35. The van der Waals surface area contributed by atoms with Gasteiger partial charge in [0, 0.05) is 13.1 Å². The summed E-state index contributed by atoms with van der Waals surface area (Å²) in [5, 5.41) is 3.39. The van der Waals surface area contributed by atoms with E-state index in [1.807, 2.05) is 0 Å². The highest BCUT2D eigenvalue weighted by atomic mass is 16.1. The number of rotatable bonds is 2. The van der Waals surface area contributed by atoms with Crippen LogP contribution in [0.1, 0.15) is 12.8 Å². The zero-order valence-corrected chi connectivity index (χ0v) is 7.88. The lowest BCUT2D eigenvalue weighted by Gasteiger charge is -2.21. The Bertz CT molecular complexity index is 211. The van der Waals surface area contributed by atoms with Gasteiger partial charge in [-0.25, -0.2) is 0 Å². The van der Waals surface area contributed by atoms with Gasteiger partial charge in [-0.15, -0.1) is 0 Å². The first kappa shape index (κ1) is 8.97. The Balaban J connectivity index is 1.89. The van der Waals surface area contributed by atoms with Crippen LogP contribution in [-0.4, -0.2) is 43.5 Å². The second-order valence-electron chi connectivity index (χ2n) is 4.35. The summed E-state index contributed by atoms with van der Waals surface area (Å²) in [5.74, 6) is -0.206. The minimum absolute atomic E-state index is 0.206. The first-order valence-electron chi connectivity index (χ1n) is 4.92. The molecule has 0 radical (unpaired) electrons. The average molecular weight is 183 g/mol. The topological polar surface area (TPSA) is 58.4 Å². The molecule has 3 N–H and O–H groups in total. The molecule has 0 saturated carbocycles. The van der Waals surface area contributed by atoms with Crippen LogP contribution >= 0.6 is 0 Å². The maximum Gasteiger partial charge on any atom is 0.231 e. The smallest absolute Gasteiger partial charge is 0.231 e. The van der Waals surface area contributed by atoms with Crippen molar-refractivity contribution in [2.45, 2.75) is 12.8 Å². The fourth-order valence-electron chi connectivity index (χ4n) is 2.53. The highest BCUT2D eigenvalue weighted by Crippen LogP contribution is 2.35. The number of carbonyl (C=O) groups is 1. The largest absolute Gasteiger partial charge is 0.369 e. The highest BCUT2D eigenvalue weighted by molar-refractivity contribution is 5.75. The molecule has 0 aromatic carbocycles. The van der Waals surface area contributed by atoms with Gasteiger partial charge >= 0.3 is 0 Å². The summed E-state index contributed by atoms with van der Waals surface area (Å²) in [4.78, 5) is 12.9. The van der Waals surface area contributed by atoms with Crippen LogP contribution in [0.15, 0.2) is 0 Å². The van der Waals surface area contributed by atoms with Crippen molar-refractivity contribution in [1.29, 1.82) is 0 Å². The van der Waals surface area contributed by atoms with E-state index in [-0.39, 0.29) is 5.91 Å². The minimum atomic E-state index is -0.206. The van der Waals surface area contributed by atoms with E-state index in [0.29, 0.717) is 12.0 Å². The number of nitrogens with two attached hydrogens (primary N) is 1. The zero-order chi connectivity index (χ0) is 9.31. The average Bonchev–Trinajstić information content (AvgIpc) is 2.63. The van der Waals surface area contributed by atoms with Crippen molar-refractivity contribution < 1.29 is 4.79 Å². The maximum absolute atomic E-state index is 10.7. The molecule has 2 fully saturated rings. The summed E-state index contributed by atoms with van der Waals surface area (Å²) < 4.78 is 0. The Morgan fingerprint density at radius 3 is 3.00 bits per heavy atom. The van der Waals surface area contributed by atoms with Gasteiger partial charge in [0.15, 0.2) is 0 Å². The Morgan fingerprint density at radius 2 is 2.38 bits per heavy atom. The fourth-order valence-corrected chi connectivity index (χ4v) is 2.53. The summed E-state index contributed by atoms with van der Waals surface area (Å²) in [5.41, 5.74) is 5.62. The fraction of sp³-hybridized carbons (Fsp3) is 0.889. The quantitative estimate of drug-likeness (QED) is 0.586. The lowest BCUT2D eigenvalue weighted by atomic mass is 9.87. The molecule has 1 spiro atoms. The number of likely N-dealkylation sites (tertiary alicyclic amines) is 1. The molecule has 2 aliphatic heterocycles. The first-order valence-corrected chi connectivity index (χ1v) is 4.92. The summed E-state index contributed by atoms with van der Waals surface area (Å²) in [7, 11) is 0. The summed E-state index contributed by atoms with van der Waals surface area (Å²) >= 11 is 0. The van der Waals surface area contributed by atoms with Crippen molar-refractivity contribution in [3.8, 4) is 0 Å². The van der Waals surface area contributed by atoms with Gasteiger partial charge in [-0.2, -0.15) is 0 Å². The van der Waals surface area contributed by atoms with Gasteiger partial charge in [0.2, 0.25) is 5.91 Å². The molecule has 2 rings (SSSR count). The molecule has 4 nitrogen and oxygen atoms in total. The normalized spacial score (nSPS) is 34.5. The molecule has 2 aliphatic rings. The van der Waals surface area contributed by atoms with Crippen LogP contribution < -0.4 is 11.1 Å². The van der Waals surface area contributed by atoms with E-state index in [9.17, 15) is 4.79 Å². The monoisotopic (exact) mass is 183 g/mol. The Morgan fingerprint density at radius 1 is 1.54 bits per heavy atom. The molecule has 0 aromatic rings. The van der Waals surface area contributed by atoms with Crippen molar-refractivity contribution in [3.63, 3.8) is 0 Å². The van der Waals surface area contributed by atoms with Crippen molar-refractivity contribution in [2.24, 2.45) is 11.1 Å². The highest BCUT2D eigenvalue weighted by Gasteiger charge is 2.40. The summed E-state index contributed by atoms with van der Waals surface area (Å²) in [6.07, 6.45) is 2.47.